The van der Waals surface area contributed by atoms with Crippen LogP contribution in [0.25, 0.3) is 22.2 Å². The van der Waals surface area contributed by atoms with Gasteiger partial charge in [-0.15, -0.1) is 0 Å². The zero-order valence-electron chi connectivity index (χ0n) is 20.1. The second-order valence-corrected chi connectivity index (χ2v) is 9.78. The molecule has 0 aliphatic heterocycles. The summed E-state index contributed by atoms with van der Waals surface area (Å²) in [6.07, 6.45) is 1.89. The number of aromatic nitrogens is 1. The summed E-state index contributed by atoms with van der Waals surface area (Å²) in [7, 11) is 0. The van der Waals surface area contributed by atoms with Gasteiger partial charge in [0.15, 0.2) is 0 Å². The molecule has 1 amide bonds. The van der Waals surface area contributed by atoms with E-state index < -0.39 is 5.97 Å². The van der Waals surface area contributed by atoms with Crippen molar-refractivity contribution in [2.75, 3.05) is 0 Å². The number of carboxylic acids is 1. The number of carbonyl (C=O) groups is 2. The maximum atomic E-state index is 13.5. The van der Waals surface area contributed by atoms with E-state index in [9.17, 15) is 14.0 Å². The van der Waals surface area contributed by atoms with Crippen molar-refractivity contribution in [3.8, 4) is 11.3 Å². The van der Waals surface area contributed by atoms with E-state index in [1.165, 1.54) is 12.1 Å². The number of benzene rings is 3. The number of hydrogen-bond donors (Lipinski definition) is 2. The lowest BCUT2D eigenvalue weighted by Crippen LogP contribution is -2.26. The highest BCUT2D eigenvalue weighted by atomic mass is 35.5. The number of nitrogens with one attached hydrogen (secondary N) is 1. The molecule has 190 valence electrons. The standard InChI is InChI=1S/C29H25Cl2FN2O3/c1-17(21-14-23(30)16-24(31)15-21)33-29(37)20-8-11-26-22(13-20)12-19(4-2-3-5-27(35)36)28(34-26)18-6-9-25(32)10-7-18/h6-17H,2-5H2,1H3,(H,33,37)(H,35,36). The minimum atomic E-state index is -0.833. The van der Waals surface area contributed by atoms with E-state index in [4.69, 9.17) is 33.3 Å². The third kappa shape index (κ3) is 6.85. The number of carboxylic acid groups (broad SMARTS) is 1. The molecule has 0 bridgehead atoms. The number of nitrogens with zero attached hydrogens (tertiary/aromatic N) is 1. The predicted octanol–water partition coefficient (Wildman–Crippen LogP) is 7.64. The fourth-order valence-electron chi connectivity index (χ4n) is 4.19. The van der Waals surface area contributed by atoms with E-state index in [0.29, 0.717) is 46.1 Å². The zero-order valence-corrected chi connectivity index (χ0v) is 21.6. The van der Waals surface area contributed by atoms with Crippen LogP contribution in [0, 0.1) is 5.82 Å². The molecule has 5 nitrogen and oxygen atoms in total. The first-order chi connectivity index (χ1) is 17.7. The summed E-state index contributed by atoms with van der Waals surface area (Å²) in [6, 6.07) is 18.2. The van der Waals surface area contributed by atoms with Crippen LogP contribution in [0.2, 0.25) is 10.0 Å². The average Bonchev–Trinajstić information content (AvgIpc) is 2.85. The fourth-order valence-corrected chi connectivity index (χ4v) is 4.73. The minimum Gasteiger partial charge on any atom is -0.481 e. The summed E-state index contributed by atoms with van der Waals surface area (Å²) in [5.74, 6) is -1.42. The number of halogens is 3. The molecule has 2 N–H and O–H groups in total. The Labute approximate surface area is 224 Å². The topological polar surface area (TPSA) is 79.3 Å². The van der Waals surface area contributed by atoms with Crippen LogP contribution < -0.4 is 5.32 Å². The number of pyridine rings is 1. The van der Waals surface area contributed by atoms with Gasteiger partial charge in [-0.25, -0.2) is 9.37 Å². The van der Waals surface area contributed by atoms with Gasteiger partial charge in [-0.3, -0.25) is 9.59 Å². The van der Waals surface area contributed by atoms with Crippen molar-refractivity contribution >= 4 is 46.0 Å². The Morgan fingerprint density at radius 3 is 2.35 bits per heavy atom. The SMILES string of the molecule is CC(NC(=O)c1ccc2nc(-c3ccc(F)cc3)c(CCCCC(=O)O)cc2c1)c1cc(Cl)cc(Cl)c1. The van der Waals surface area contributed by atoms with Gasteiger partial charge in [-0.1, -0.05) is 23.2 Å². The number of rotatable bonds is 9. The normalized spacial score (nSPS) is 11.9. The third-order valence-corrected chi connectivity index (χ3v) is 6.53. The minimum absolute atomic E-state index is 0.0905. The number of unbranched alkanes of at least 4 members (excludes halogenated alkanes) is 1. The summed E-state index contributed by atoms with van der Waals surface area (Å²) in [5, 5.41) is 13.7. The van der Waals surface area contributed by atoms with E-state index in [1.807, 2.05) is 13.0 Å². The molecule has 0 aliphatic carbocycles. The van der Waals surface area contributed by atoms with Gasteiger partial charge in [0.1, 0.15) is 5.82 Å². The number of aryl methyl sites for hydroxylation is 1. The Morgan fingerprint density at radius 2 is 1.68 bits per heavy atom. The number of aliphatic carboxylic acids is 1. The molecule has 0 saturated carbocycles. The number of carbonyl (C=O) groups excluding carboxylic acids is 1. The molecular weight excluding hydrogens is 514 g/mol. The Bertz CT molecular complexity index is 1440. The molecule has 3 aromatic carbocycles. The molecule has 4 aromatic rings. The number of hydrogen-bond acceptors (Lipinski definition) is 3. The zero-order chi connectivity index (χ0) is 26.5. The maximum absolute atomic E-state index is 13.5. The first kappa shape index (κ1) is 26.6. The Kier molecular flexibility index (Phi) is 8.41. The first-order valence-corrected chi connectivity index (χ1v) is 12.6. The van der Waals surface area contributed by atoms with Crippen LogP contribution in [0.4, 0.5) is 4.39 Å². The van der Waals surface area contributed by atoms with Crippen molar-refractivity contribution in [3.63, 3.8) is 0 Å². The van der Waals surface area contributed by atoms with Crippen LogP contribution in [-0.2, 0) is 11.2 Å². The molecule has 0 saturated heterocycles. The smallest absolute Gasteiger partial charge is 0.303 e. The highest BCUT2D eigenvalue weighted by molar-refractivity contribution is 6.34. The van der Waals surface area contributed by atoms with Crippen molar-refractivity contribution in [1.29, 1.82) is 0 Å². The predicted molar refractivity (Wildman–Crippen MR) is 145 cm³/mol. The summed E-state index contributed by atoms with van der Waals surface area (Å²) in [4.78, 5) is 28.8. The van der Waals surface area contributed by atoms with E-state index in [1.54, 1.807) is 48.5 Å². The average molecular weight is 539 g/mol. The second kappa shape index (κ2) is 11.7. The van der Waals surface area contributed by atoms with Gasteiger partial charge in [0.2, 0.25) is 0 Å². The molecule has 1 unspecified atom stereocenters. The van der Waals surface area contributed by atoms with Crippen molar-refractivity contribution in [1.82, 2.24) is 10.3 Å². The molecule has 0 radical (unpaired) electrons. The quantitative estimate of drug-likeness (QED) is 0.214. The molecule has 1 atom stereocenters. The van der Waals surface area contributed by atoms with Gasteiger partial charge in [0, 0.05) is 33.0 Å². The lowest BCUT2D eigenvalue weighted by molar-refractivity contribution is -0.137. The van der Waals surface area contributed by atoms with Crippen molar-refractivity contribution in [2.24, 2.45) is 0 Å². The fraction of sp³-hybridized carbons (Fsp3) is 0.207. The highest BCUT2D eigenvalue weighted by Gasteiger charge is 2.15. The largest absolute Gasteiger partial charge is 0.481 e. The number of fused-ring (bicyclic) bond motifs is 1. The van der Waals surface area contributed by atoms with Crippen molar-refractivity contribution in [3.05, 3.63) is 99.3 Å². The van der Waals surface area contributed by atoms with Crippen LogP contribution in [0.3, 0.4) is 0 Å². The van der Waals surface area contributed by atoms with E-state index >= 15 is 0 Å². The van der Waals surface area contributed by atoms with E-state index in [2.05, 4.69) is 5.32 Å². The van der Waals surface area contributed by atoms with Crippen LogP contribution in [-0.4, -0.2) is 22.0 Å². The van der Waals surface area contributed by atoms with Gasteiger partial charge < -0.3 is 10.4 Å². The molecule has 0 spiro atoms. The molecule has 1 heterocycles. The highest BCUT2D eigenvalue weighted by Crippen LogP contribution is 2.29. The lowest BCUT2D eigenvalue weighted by Gasteiger charge is -2.16. The summed E-state index contributed by atoms with van der Waals surface area (Å²) in [5.41, 5.74) is 4.35. The van der Waals surface area contributed by atoms with Crippen LogP contribution in [0.15, 0.2) is 66.7 Å². The van der Waals surface area contributed by atoms with Gasteiger partial charge in [-0.2, -0.15) is 0 Å². The summed E-state index contributed by atoms with van der Waals surface area (Å²) in [6.45, 7) is 1.85. The lowest BCUT2D eigenvalue weighted by atomic mass is 9.98. The van der Waals surface area contributed by atoms with Gasteiger partial charge in [0.05, 0.1) is 17.3 Å². The molecule has 0 aliphatic rings. The molecule has 37 heavy (non-hydrogen) atoms. The van der Waals surface area contributed by atoms with Gasteiger partial charge in [-0.05, 0) is 104 Å². The molecule has 1 aromatic heterocycles. The monoisotopic (exact) mass is 538 g/mol. The third-order valence-electron chi connectivity index (χ3n) is 6.09. The Hall–Kier alpha value is -3.48. The van der Waals surface area contributed by atoms with Crippen molar-refractivity contribution in [2.45, 2.75) is 38.6 Å². The second-order valence-electron chi connectivity index (χ2n) is 8.91. The van der Waals surface area contributed by atoms with Crippen LogP contribution in [0.5, 0.6) is 0 Å². The van der Waals surface area contributed by atoms with Crippen LogP contribution >= 0.6 is 23.2 Å². The van der Waals surface area contributed by atoms with E-state index in [-0.39, 0.29) is 24.2 Å². The molecule has 0 fully saturated rings. The van der Waals surface area contributed by atoms with Crippen LogP contribution in [0.1, 0.15) is 53.7 Å². The Balaban J connectivity index is 1.63. The number of amides is 1. The van der Waals surface area contributed by atoms with Gasteiger partial charge in [0.25, 0.3) is 5.91 Å². The summed E-state index contributed by atoms with van der Waals surface area (Å²) < 4.78 is 13.5. The first-order valence-electron chi connectivity index (χ1n) is 11.9. The molecule has 4 rings (SSSR count). The molecule has 8 heteroatoms. The Morgan fingerprint density at radius 1 is 0.973 bits per heavy atom. The van der Waals surface area contributed by atoms with E-state index in [0.717, 1.165) is 22.1 Å². The van der Waals surface area contributed by atoms with Crippen molar-refractivity contribution < 1.29 is 19.1 Å². The molecular formula is C29H25Cl2FN2O3. The maximum Gasteiger partial charge on any atom is 0.303 e. The van der Waals surface area contributed by atoms with Gasteiger partial charge >= 0.3 is 5.97 Å². The summed E-state index contributed by atoms with van der Waals surface area (Å²) >= 11 is 12.2.